The number of Topliss-reactive ketones (excluding diaryl/α,β-unsaturated/α-hetero) is 1. The minimum Gasteiger partial charge on any atom is -0.505 e. The first-order chi connectivity index (χ1) is 30.7. The number of aromatic hydroxyl groups is 1. The smallest absolute Gasteiger partial charge is 0.233 e. The van der Waals surface area contributed by atoms with Gasteiger partial charge in [-0.05, 0) is 124 Å². The molecule has 2 aromatic heterocycles. The number of aryl methyl sites for hydroxylation is 1. The molecule has 0 spiro atoms. The fourth-order valence-electron chi connectivity index (χ4n) is 7.88. The minimum absolute atomic E-state index is 0.0954. The maximum absolute atomic E-state index is 14.0. The lowest BCUT2D eigenvalue weighted by Gasteiger charge is -2.18. The Morgan fingerprint density at radius 3 is 2.05 bits per heavy atom. The molecule has 0 atom stereocenters. The van der Waals surface area contributed by atoms with Crippen LogP contribution in [-0.2, 0) is 6.42 Å². The van der Waals surface area contributed by atoms with Gasteiger partial charge in [-0.2, -0.15) is 20.1 Å². The lowest BCUT2D eigenvalue weighted by molar-refractivity contribution is 0.0990. The van der Waals surface area contributed by atoms with Gasteiger partial charge < -0.3 is 40.6 Å². The van der Waals surface area contributed by atoms with Crippen LogP contribution in [0.5, 0.6) is 11.5 Å². The molecule has 0 aliphatic heterocycles. The van der Waals surface area contributed by atoms with Crippen molar-refractivity contribution in [2.75, 3.05) is 75.4 Å². The first-order valence-electron chi connectivity index (χ1n) is 22.0. The standard InChI is InChI=1S/C49H59N11O3/c1-7-59(8-2)27-13-25-50-47-54-48(51-26-14-28-60(9-3)10-4)56-49(55-47)52-35-19-21-36(22-20-35)57-58-45-43-34(18-24-39-38-15-11-12-16-41(38)53-44(39)43)30-40(46(45)62)42(61)31-33-17-23-37(63-6)29-32(33)5/h11-12,15-24,29-30,53,62H,7-10,13-14,25-28,31H2,1-6H3,(H3,50,51,52,54,55,56). The van der Waals surface area contributed by atoms with Gasteiger partial charge in [-0.25, -0.2) is 0 Å². The Hall–Kier alpha value is -6.64. The summed E-state index contributed by atoms with van der Waals surface area (Å²) in [7, 11) is 1.61. The molecule has 0 fully saturated rings. The Morgan fingerprint density at radius 2 is 1.41 bits per heavy atom. The number of anilines is 4. The number of azo groups is 1. The lowest BCUT2D eigenvalue weighted by Crippen LogP contribution is -2.26. The molecule has 0 aliphatic carbocycles. The second-order valence-corrected chi connectivity index (χ2v) is 15.6. The van der Waals surface area contributed by atoms with Crippen molar-refractivity contribution in [3.05, 3.63) is 102 Å². The number of phenols is 1. The van der Waals surface area contributed by atoms with E-state index in [1.807, 2.05) is 79.7 Å². The van der Waals surface area contributed by atoms with Gasteiger partial charge in [0.2, 0.25) is 17.8 Å². The van der Waals surface area contributed by atoms with Gasteiger partial charge in [0, 0.05) is 46.9 Å². The summed E-state index contributed by atoms with van der Waals surface area (Å²) in [6.45, 7) is 18.2. The van der Waals surface area contributed by atoms with Crippen LogP contribution in [0.25, 0.3) is 32.6 Å². The van der Waals surface area contributed by atoms with E-state index in [2.05, 4.69) is 79.7 Å². The van der Waals surface area contributed by atoms with Crippen LogP contribution in [0.1, 0.15) is 62.0 Å². The molecular weight excluding hydrogens is 791 g/mol. The molecule has 7 rings (SSSR count). The zero-order valence-corrected chi connectivity index (χ0v) is 37.3. The zero-order chi connectivity index (χ0) is 44.3. The second kappa shape index (κ2) is 21.0. The molecular formula is C49H59N11O3. The monoisotopic (exact) mass is 849 g/mol. The van der Waals surface area contributed by atoms with E-state index >= 15 is 0 Å². The molecule has 7 aromatic rings. The number of phenolic OH excluding ortho intramolecular Hbond substituents is 1. The average Bonchev–Trinajstić information content (AvgIpc) is 3.68. The normalized spacial score (nSPS) is 11.7. The van der Waals surface area contributed by atoms with E-state index < -0.39 is 0 Å². The van der Waals surface area contributed by atoms with Gasteiger partial charge in [-0.1, -0.05) is 64.1 Å². The van der Waals surface area contributed by atoms with Crippen molar-refractivity contribution in [3.8, 4) is 11.5 Å². The molecule has 0 aliphatic rings. The third-order valence-electron chi connectivity index (χ3n) is 11.6. The molecule has 0 amide bonds. The third-order valence-corrected chi connectivity index (χ3v) is 11.6. The molecule has 0 saturated carbocycles. The topological polar surface area (TPSA) is 168 Å². The quantitative estimate of drug-likeness (QED) is 0.0250. The highest BCUT2D eigenvalue weighted by Crippen LogP contribution is 2.44. The summed E-state index contributed by atoms with van der Waals surface area (Å²) in [6, 6.07) is 26.8. The van der Waals surface area contributed by atoms with Crippen LogP contribution in [0.3, 0.4) is 0 Å². The van der Waals surface area contributed by atoms with Crippen LogP contribution in [0.4, 0.5) is 34.9 Å². The summed E-state index contributed by atoms with van der Waals surface area (Å²) in [5.41, 5.74) is 5.20. The van der Waals surface area contributed by atoms with E-state index in [-0.39, 0.29) is 29.2 Å². The number of nitrogens with one attached hydrogen (secondary N) is 4. The molecule has 5 N–H and O–H groups in total. The maximum atomic E-state index is 14.0. The average molecular weight is 850 g/mol. The summed E-state index contributed by atoms with van der Waals surface area (Å²) in [6.07, 6.45) is 2.02. The number of methoxy groups -OCH3 is 1. The highest BCUT2D eigenvalue weighted by atomic mass is 16.5. The van der Waals surface area contributed by atoms with Crippen LogP contribution < -0.4 is 20.7 Å². The molecule has 0 saturated heterocycles. The van der Waals surface area contributed by atoms with Gasteiger partial charge in [0.25, 0.3) is 0 Å². The van der Waals surface area contributed by atoms with Crippen LogP contribution in [0.2, 0.25) is 0 Å². The van der Waals surface area contributed by atoms with Crippen molar-refractivity contribution in [1.29, 1.82) is 0 Å². The van der Waals surface area contributed by atoms with Crippen molar-refractivity contribution in [3.63, 3.8) is 0 Å². The number of carbonyl (C=O) groups is 1. The first-order valence-corrected chi connectivity index (χ1v) is 22.0. The van der Waals surface area contributed by atoms with Gasteiger partial charge in [-0.3, -0.25) is 4.79 Å². The summed E-state index contributed by atoms with van der Waals surface area (Å²) >= 11 is 0. The molecule has 328 valence electrons. The number of hydrogen-bond acceptors (Lipinski definition) is 13. The molecule has 2 heterocycles. The van der Waals surface area contributed by atoms with Gasteiger partial charge in [0.15, 0.2) is 11.5 Å². The highest BCUT2D eigenvalue weighted by molar-refractivity contribution is 6.22. The number of nitrogens with zero attached hydrogens (tertiary/aromatic N) is 7. The van der Waals surface area contributed by atoms with Crippen molar-refractivity contribution in [1.82, 2.24) is 29.7 Å². The van der Waals surface area contributed by atoms with E-state index in [9.17, 15) is 9.90 Å². The maximum Gasteiger partial charge on any atom is 0.233 e. The van der Waals surface area contributed by atoms with Crippen molar-refractivity contribution < 1.29 is 14.6 Å². The second-order valence-electron chi connectivity index (χ2n) is 15.6. The number of ketones is 1. The highest BCUT2D eigenvalue weighted by Gasteiger charge is 2.22. The molecule has 14 heteroatoms. The Labute approximate surface area is 369 Å². The number of benzene rings is 5. The van der Waals surface area contributed by atoms with Crippen molar-refractivity contribution >= 4 is 73.3 Å². The number of aromatic amines is 1. The summed E-state index contributed by atoms with van der Waals surface area (Å²) < 4.78 is 5.37. The summed E-state index contributed by atoms with van der Waals surface area (Å²) in [4.78, 5) is 36.4. The number of carbonyl (C=O) groups excluding carboxylic acids is 1. The largest absolute Gasteiger partial charge is 0.505 e. The molecule has 0 unspecified atom stereocenters. The fourth-order valence-corrected chi connectivity index (χ4v) is 7.88. The van der Waals surface area contributed by atoms with Crippen LogP contribution in [0, 0.1) is 6.92 Å². The van der Waals surface area contributed by atoms with E-state index in [1.54, 1.807) is 13.2 Å². The SMILES string of the molecule is CCN(CC)CCCNc1nc(NCCCN(CC)CC)nc(Nc2ccc(N=Nc3c(O)c(C(=O)Cc4ccc(OC)cc4C)cc4ccc5c6ccccc6[nH]c5c34)cc2)n1. The summed E-state index contributed by atoms with van der Waals surface area (Å²) in [5, 5.41) is 34.8. The summed E-state index contributed by atoms with van der Waals surface area (Å²) in [5.74, 6) is 1.66. The Bertz CT molecular complexity index is 2650. The minimum atomic E-state index is -0.236. The molecule has 0 bridgehead atoms. The number of hydrogen-bond donors (Lipinski definition) is 5. The molecule has 63 heavy (non-hydrogen) atoms. The number of ether oxygens (including phenoxy) is 1. The number of H-pyrrole nitrogens is 1. The van der Waals surface area contributed by atoms with E-state index in [0.29, 0.717) is 34.7 Å². The lowest BCUT2D eigenvalue weighted by atomic mass is 9.95. The first kappa shape index (κ1) is 44.4. The van der Waals surface area contributed by atoms with Gasteiger partial charge >= 0.3 is 0 Å². The van der Waals surface area contributed by atoms with Crippen LogP contribution >= 0.6 is 0 Å². The zero-order valence-electron chi connectivity index (χ0n) is 37.3. The Kier molecular flexibility index (Phi) is 14.8. The third kappa shape index (κ3) is 10.7. The Balaban J connectivity index is 1.15. The predicted octanol–water partition coefficient (Wildman–Crippen LogP) is 10.6. The number of para-hydroxylation sites is 1. The Morgan fingerprint density at radius 1 is 0.762 bits per heavy atom. The molecule has 5 aromatic carbocycles. The van der Waals surface area contributed by atoms with E-state index in [4.69, 9.17) is 14.7 Å². The number of fused-ring (bicyclic) bond motifs is 5. The van der Waals surface area contributed by atoms with Gasteiger partial charge in [0.05, 0.1) is 23.9 Å². The molecule has 0 radical (unpaired) electrons. The van der Waals surface area contributed by atoms with Crippen LogP contribution in [-0.4, -0.2) is 100 Å². The fraction of sp³-hybridized carbons (Fsp3) is 0.347. The number of rotatable bonds is 22. The van der Waals surface area contributed by atoms with Gasteiger partial charge in [-0.15, -0.1) is 5.11 Å². The van der Waals surface area contributed by atoms with Crippen molar-refractivity contribution in [2.45, 2.75) is 53.9 Å². The van der Waals surface area contributed by atoms with E-state index in [1.165, 1.54) is 0 Å². The van der Waals surface area contributed by atoms with Crippen molar-refractivity contribution in [2.24, 2.45) is 10.2 Å². The number of aromatic nitrogens is 4. The van der Waals surface area contributed by atoms with E-state index in [0.717, 1.165) is 109 Å². The predicted molar refractivity (Wildman–Crippen MR) is 256 cm³/mol. The molecule has 14 nitrogen and oxygen atoms in total. The van der Waals surface area contributed by atoms with Gasteiger partial charge in [0.1, 0.15) is 11.4 Å². The van der Waals surface area contributed by atoms with Crippen LogP contribution in [0.15, 0.2) is 95.2 Å².